The Bertz CT molecular complexity index is 833. The molecule has 0 unspecified atom stereocenters. The summed E-state index contributed by atoms with van der Waals surface area (Å²) in [7, 11) is -3.34. The van der Waals surface area contributed by atoms with E-state index in [4.69, 9.17) is 0 Å². The van der Waals surface area contributed by atoms with E-state index in [1.807, 2.05) is 36.0 Å². The number of sulfonamides is 1. The van der Waals surface area contributed by atoms with Crippen molar-refractivity contribution in [2.24, 2.45) is 5.92 Å². The van der Waals surface area contributed by atoms with Crippen molar-refractivity contribution in [3.8, 4) is 0 Å². The van der Waals surface area contributed by atoms with Crippen LogP contribution in [0.25, 0.3) is 0 Å². The first kappa shape index (κ1) is 21.9. The summed E-state index contributed by atoms with van der Waals surface area (Å²) < 4.78 is 28.3. The van der Waals surface area contributed by atoms with E-state index in [1.165, 1.54) is 0 Å². The van der Waals surface area contributed by atoms with Crippen LogP contribution >= 0.6 is 0 Å². The predicted molar refractivity (Wildman–Crippen MR) is 109 cm³/mol. The maximum Gasteiger partial charge on any atom is 0.315 e. The molecule has 154 valence electrons. The van der Waals surface area contributed by atoms with Gasteiger partial charge in [0, 0.05) is 38.1 Å². The molecule has 1 aromatic heterocycles. The van der Waals surface area contributed by atoms with Crippen LogP contribution < -0.4 is 15.4 Å². The highest BCUT2D eigenvalue weighted by Crippen LogP contribution is 2.08. The minimum atomic E-state index is -3.34. The number of hydrogen-bond acceptors (Lipinski definition) is 4. The van der Waals surface area contributed by atoms with Gasteiger partial charge in [-0.15, -0.1) is 0 Å². The van der Waals surface area contributed by atoms with Crippen LogP contribution in [-0.2, 0) is 28.9 Å². The monoisotopic (exact) mass is 407 g/mol. The van der Waals surface area contributed by atoms with Crippen molar-refractivity contribution < 1.29 is 13.2 Å². The number of rotatable bonds is 10. The molecular formula is C19H29N5O3S. The van der Waals surface area contributed by atoms with Gasteiger partial charge in [0.25, 0.3) is 0 Å². The third kappa shape index (κ3) is 8.10. The molecule has 8 nitrogen and oxygen atoms in total. The minimum Gasteiger partial charge on any atom is -0.338 e. The first-order valence-corrected chi connectivity index (χ1v) is 11.0. The summed E-state index contributed by atoms with van der Waals surface area (Å²) >= 11 is 0. The van der Waals surface area contributed by atoms with Gasteiger partial charge in [0.15, 0.2) is 0 Å². The molecule has 0 fully saturated rings. The number of carbonyl (C=O) groups excluding carboxylic acids is 1. The maximum absolute atomic E-state index is 12.0. The van der Waals surface area contributed by atoms with E-state index in [-0.39, 0.29) is 23.7 Å². The average Bonchev–Trinajstić information content (AvgIpc) is 3.10. The molecule has 0 radical (unpaired) electrons. The van der Waals surface area contributed by atoms with Gasteiger partial charge in [0.1, 0.15) is 0 Å². The Hall–Kier alpha value is -2.39. The number of nitrogens with zero attached hydrogens (tertiary/aromatic N) is 2. The van der Waals surface area contributed by atoms with Crippen LogP contribution in [0.1, 0.15) is 31.9 Å². The molecule has 2 rings (SSSR count). The van der Waals surface area contributed by atoms with E-state index in [2.05, 4.69) is 20.5 Å². The van der Waals surface area contributed by atoms with Crippen LogP contribution in [0.4, 0.5) is 4.79 Å². The summed E-state index contributed by atoms with van der Waals surface area (Å²) in [5.41, 5.74) is 1.60. The van der Waals surface area contributed by atoms with E-state index in [9.17, 15) is 13.2 Å². The van der Waals surface area contributed by atoms with Crippen LogP contribution in [0.15, 0.2) is 42.7 Å². The number of carbonyl (C=O) groups is 1. The molecule has 0 aliphatic heterocycles. The second-order valence-electron chi connectivity index (χ2n) is 7.24. The number of hydrogen-bond donors (Lipinski definition) is 3. The Morgan fingerprint density at radius 3 is 2.39 bits per heavy atom. The zero-order chi connectivity index (χ0) is 20.6. The summed E-state index contributed by atoms with van der Waals surface area (Å²) in [4.78, 5) is 11.9. The van der Waals surface area contributed by atoms with Crippen molar-refractivity contribution in [2.75, 3.05) is 6.54 Å². The largest absolute Gasteiger partial charge is 0.338 e. The van der Waals surface area contributed by atoms with Crippen molar-refractivity contribution >= 4 is 16.1 Å². The SMILES string of the molecule is CC(C)NS(=O)(=O)Cc1ccc(CNC(=O)NC[C@H](C)Cn2cccn2)cc1. The third-order valence-corrected chi connectivity index (χ3v) is 5.46. The Morgan fingerprint density at radius 2 is 1.79 bits per heavy atom. The van der Waals surface area contributed by atoms with Gasteiger partial charge < -0.3 is 10.6 Å². The van der Waals surface area contributed by atoms with E-state index < -0.39 is 10.0 Å². The van der Waals surface area contributed by atoms with Crippen molar-refractivity contribution in [3.63, 3.8) is 0 Å². The molecule has 9 heteroatoms. The lowest BCUT2D eigenvalue weighted by Crippen LogP contribution is -2.38. The average molecular weight is 408 g/mol. The van der Waals surface area contributed by atoms with E-state index in [0.717, 1.165) is 12.1 Å². The summed E-state index contributed by atoms with van der Waals surface area (Å²) in [6.45, 7) is 7.28. The maximum atomic E-state index is 12.0. The van der Waals surface area contributed by atoms with Gasteiger partial charge >= 0.3 is 6.03 Å². The zero-order valence-electron chi connectivity index (χ0n) is 16.6. The Kier molecular flexibility index (Phi) is 8.01. The van der Waals surface area contributed by atoms with Crippen LogP contribution in [0, 0.1) is 5.92 Å². The second-order valence-corrected chi connectivity index (χ2v) is 9.00. The lowest BCUT2D eigenvalue weighted by Gasteiger charge is -2.13. The van der Waals surface area contributed by atoms with Gasteiger partial charge in [0.2, 0.25) is 10.0 Å². The fourth-order valence-corrected chi connectivity index (χ4v) is 4.11. The Morgan fingerprint density at radius 1 is 1.11 bits per heavy atom. The molecule has 28 heavy (non-hydrogen) atoms. The Balaban J connectivity index is 1.72. The van der Waals surface area contributed by atoms with Gasteiger partial charge in [0.05, 0.1) is 5.75 Å². The molecule has 1 atom stereocenters. The predicted octanol–water partition coefficient (Wildman–Crippen LogP) is 1.85. The Labute approximate surface area is 166 Å². The van der Waals surface area contributed by atoms with Gasteiger partial charge in [-0.2, -0.15) is 5.10 Å². The standard InChI is InChI=1S/C19H29N5O3S/c1-15(2)23-28(26,27)14-18-7-5-17(6-8-18)12-21-19(25)20-11-16(3)13-24-10-4-9-22-24/h4-10,15-16,23H,11-14H2,1-3H3,(H2,20,21,25)/t16-/m0/s1. The molecule has 1 aromatic carbocycles. The fourth-order valence-electron chi connectivity index (χ4n) is 2.68. The van der Waals surface area contributed by atoms with Gasteiger partial charge in [-0.1, -0.05) is 31.2 Å². The quantitative estimate of drug-likeness (QED) is 0.559. The summed E-state index contributed by atoms with van der Waals surface area (Å²) in [5, 5.41) is 9.80. The summed E-state index contributed by atoms with van der Waals surface area (Å²) in [5.74, 6) is 0.194. The molecule has 2 amide bonds. The molecule has 2 aromatic rings. The highest BCUT2D eigenvalue weighted by molar-refractivity contribution is 7.88. The lowest BCUT2D eigenvalue weighted by molar-refractivity contribution is 0.238. The molecule has 0 bridgehead atoms. The van der Waals surface area contributed by atoms with E-state index in [0.29, 0.717) is 18.7 Å². The molecule has 3 N–H and O–H groups in total. The normalized spacial score (nSPS) is 12.7. The molecule has 0 aliphatic carbocycles. The summed E-state index contributed by atoms with van der Waals surface area (Å²) in [6.07, 6.45) is 3.62. The van der Waals surface area contributed by atoms with Crippen molar-refractivity contribution in [1.82, 2.24) is 25.1 Å². The fraction of sp³-hybridized carbons (Fsp3) is 0.474. The first-order valence-electron chi connectivity index (χ1n) is 9.30. The molecular weight excluding hydrogens is 378 g/mol. The minimum absolute atomic E-state index is 0.0620. The summed E-state index contributed by atoms with van der Waals surface area (Å²) in [6, 6.07) is 8.67. The number of nitrogens with one attached hydrogen (secondary N) is 3. The number of urea groups is 1. The van der Waals surface area contributed by atoms with Crippen LogP contribution in [0.3, 0.4) is 0 Å². The zero-order valence-corrected chi connectivity index (χ0v) is 17.4. The topological polar surface area (TPSA) is 105 Å². The van der Waals surface area contributed by atoms with E-state index >= 15 is 0 Å². The van der Waals surface area contributed by atoms with Crippen molar-refractivity contribution in [1.29, 1.82) is 0 Å². The van der Waals surface area contributed by atoms with Crippen LogP contribution in [-0.4, -0.2) is 36.8 Å². The highest BCUT2D eigenvalue weighted by Gasteiger charge is 2.13. The number of benzene rings is 1. The molecule has 1 heterocycles. The van der Waals surface area contributed by atoms with Crippen LogP contribution in [0.2, 0.25) is 0 Å². The number of amides is 2. The third-order valence-electron chi connectivity index (χ3n) is 3.92. The highest BCUT2D eigenvalue weighted by atomic mass is 32.2. The van der Waals surface area contributed by atoms with Gasteiger partial charge in [-0.3, -0.25) is 4.68 Å². The lowest BCUT2D eigenvalue weighted by atomic mass is 10.1. The molecule has 0 saturated heterocycles. The second kappa shape index (κ2) is 10.2. The van der Waals surface area contributed by atoms with Crippen molar-refractivity contribution in [2.45, 2.75) is 45.7 Å². The number of aromatic nitrogens is 2. The van der Waals surface area contributed by atoms with Crippen molar-refractivity contribution in [3.05, 3.63) is 53.9 Å². The van der Waals surface area contributed by atoms with Gasteiger partial charge in [-0.05, 0) is 37.0 Å². The van der Waals surface area contributed by atoms with E-state index in [1.54, 1.807) is 32.2 Å². The molecule has 0 spiro atoms. The molecule has 0 saturated carbocycles. The smallest absolute Gasteiger partial charge is 0.315 e. The molecule has 0 aliphatic rings. The first-order chi connectivity index (χ1) is 13.2. The van der Waals surface area contributed by atoms with Crippen LogP contribution in [0.5, 0.6) is 0 Å². The van der Waals surface area contributed by atoms with Gasteiger partial charge in [-0.25, -0.2) is 17.9 Å².